The molecule has 340 valence electrons. The Morgan fingerprint density at radius 2 is 1.20 bits per heavy atom. The number of pyridine rings is 2. The van der Waals surface area contributed by atoms with Crippen molar-refractivity contribution in [3.8, 4) is 11.5 Å². The lowest BCUT2D eigenvalue weighted by atomic mass is 9.99. The molecule has 5 N–H and O–H groups in total. The molecule has 0 spiro atoms. The number of carbonyl (C=O) groups is 2. The van der Waals surface area contributed by atoms with Crippen LogP contribution in [0.2, 0.25) is 15.1 Å². The maximum absolute atomic E-state index is 12.0. The van der Waals surface area contributed by atoms with E-state index in [1.54, 1.807) is 51.2 Å². The summed E-state index contributed by atoms with van der Waals surface area (Å²) < 4.78 is 10.2. The van der Waals surface area contributed by atoms with Gasteiger partial charge in [-0.05, 0) is 79.0 Å². The van der Waals surface area contributed by atoms with Crippen molar-refractivity contribution in [1.29, 1.82) is 0 Å². The van der Waals surface area contributed by atoms with Crippen LogP contribution in [0.15, 0.2) is 72.8 Å². The van der Waals surface area contributed by atoms with Crippen LogP contribution < -0.4 is 20.5 Å². The van der Waals surface area contributed by atoms with Crippen molar-refractivity contribution in [1.82, 2.24) is 19.8 Å². The van der Waals surface area contributed by atoms with E-state index in [1.165, 1.54) is 0 Å². The smallest absolute Gasteiger partial charge is 0.219 e. The summed E-state index contributed by atoms with van der Waals surface area (Å²) in [5.74, 6) is 1.46. The minimum absolute atomic E-state index is 0. The summed E-state index contributed by atoms with van der Waals surface area (Å²) in [5.41, 5.74) is 15.3. The third-order valence-corrected chi connectivity index (χ3v) is 11.9. The van der Waals surface area contributed by atoms with E-state index in [0.717, 1.165) is 86.8 Å². The predicted octanol–water partition coefficient (Wildman–Crippen LogP) is 9.80. The number of hydrogen-bond acceptors (Lipinski definition) is 8. The van der Waals surface area contributed by atoms with Crippen molar-refractivity contribution in [3.05, 3.63) is 144 Å². The number of amides is 2. The van der Waals surface area contributed by atoms with Gasteiger partial charge in [-0.2, -0.15) is 0 Å². The average Bonchev–Trinajstić information content (AvgIpc) is 3.29. The fourth-order valence-corrected chi connectivity index (χ4v) is 8.40. The van der Waals surface area contributed by atoms with Crippen LogP contribution in [0.4, 0.5) is 17.1 Å². The Labute approximate surface area is 400 Å². The number of rotatable bonds is 8. The van der Waals surface area contributed by atoms with Gasteiger partial charge >= 0.3 is 0 Å². The van der Waals surface area contributed by atoms with E-state index >= 15 is 0 Å². The topological polar surface area (TPSA) is 163 Å². The number of halogens is 4. The van der Waals surface area contributed by atoms with Gasteiger partial charge in [0.25, 0.3) is 0 Å². The normalized spacial score (nSPS) is 12.3. The predicted molar refractivity (Wildman–Crippen MR) is 262 cm³/mol. The number of ether oxygens (including phenoxy) is 2. The summed E-state index contributed by atoms with van der Waals surface area (Å²) in [5, 5.41) is 7.10. The lowest BCUT2D eigenvalue weighted by Crippen LogP contribution is -2.35. The Hall–Kier alpha value is -5.90. The maximum atomic E-state index is 12.0. The van der Waals surface area contributed by atoms with Gasteiger partial charge in [-0.25, -0.2) is 9.69 Å². The Bertz CT molecular complexity index is 2780. The van der Waals surface area contributed by atoms with Crippen LogP contribution in [0, 0.1) is 13.1 Å². The monoisotopic (exact) mass is 958 g/mol. The third kappa shape index (κ3) is 12.5. The second-order valence-electron chi connectivity index (χ2n) is 14.9. The Kier molecular flexibility index (Phi) is 19.0. The van der Waals surface area contributed by atoms with E-state index in [0.29, 0.717) is 77.2 Å². The van der Waals surface area contributed by atoms with Crippen LogP contribution in [0.3, 0.4) is 0 Å². The highest BCUT2D eigenvalue weighted by atomic mass is 35.5. The van der Waals surface area contributed by atoms with Gasteiger partial charge in [-0.3, -0.25) is 19.6 Å². The lowest BCUT2D eigenvalue weighted by Gasteiger charge is -2.30. The van der Waals surface area contributed by atoms with Crippen LogP contribution in [-0.2, 0) is 48.4 Å². The highest BCUT2D eigenvalue weighted by molar-refractivity contribution is 6.36. The first kappa shape index (κ1) is 51.7. The van der Waals surface area contributed by atoms with E-state index < -0.39 is 0 Å². The molecule has 0 fully saturated rings. The molecule has 2 aliphatic rings. The first-order valence-corrected chi connectivity index (χ1v) is 21.4. The number of nitrogens with one attached hydrogen (secondary N) is 1. The highest BCUT2D eigenvalue weighted by Crippen LogP contribution is 2.36. The van der Waals surface area contributed by atoms with Crippen LogP contribution in [0.1, 0.15) is 47.5 Å². The third-order valence-electron chi connectivity index (χ3n) is 10.9. The van der Waals surface area contributed by atoms with Gasteiger partial charge in [0.05, 0.1) is 53.5 Å². The molecular weight excluding hydrogens is 910 g/mol. The molecule has 2 aliphatic heterocycles. The summed E-state index contributed by atoms with van der Waals surface area (Å²) in [6.45, 7) is 21.3. The Morgan fingerprint density at radius 3 is 1.68 bits per heavy atom. The summed E-state index contributed by atoms with van der Waals surface area (Å²) in [6.07, 6.45) is 3.05. The molecule has 4 aromatic carbocycles. The van der Waals surface area contributed by atoms with Crippen molar-refractivity contribution in [3.63, 3.8) is 0 Å². The number of methoxy groups -OCH3 is 2. The second-order valence-corrected chi connectivity index (χ2v) is 16.1. The zero-order valence-electron chi connectivity index (χ0n) is 36.4. The van der Waals surface area contributed by atoms with Crippen LogP contribution in [0.5, 0.6) is 11.5 Å². The number of aromatic nitrogens is 2. The highest BCUT2D eigenvalue weighted by Gasteiger charge is 2.25. The number of benzene rings is 4. The van der Waals surface area contributed by atoms with Gasteiger partial charge in [0, 0.05) is 98.4 Å². The van der Waals surface area contributed by atoms with Crippen molar-refractivity contribution in [2.24, 2.45) is 5.73 Å². The molecule has 0 unspecified atom stereocenters. The van der Waals surface area contributed by atoms with Crippen molar-refractivity contribution < 1.29 is 24.5 Å². The van der Waals surface area contributed by atoms with Crippen LogP contribution in [-0.4, -0.2) is 77.5 Å². The molecule has 0 radical (unpaired) electrons. The molecule has 0 saturated heterocycles. The first-order chi connectivity index (χ1) is 30.4. The summed E-state index contributed by atoms with van der Waals surface area (Å²) in [4.78, 5) is 43.5. The molecule has 2 aromatic heterocycles. The van der Waals surface area contributed by atoms with Gasteiger partial charge in [0.15, 0.2) is 11.4 Å². The first-order valence-electron chi connectivity index (χ1n) is 20.3. The zero-order chi connectivity index (χ0) is 45.2. The molecule has 6 aromatic rings. The molecule has 13 nitrogen and oxygen atoms in total. The summed E-state index contributed by atoms with van der Waals surface area (Å²) in [7, 11) is 3.20. The van der Waals surface area contributed by atoms with E-state index in [4.69, 9.17) is 68.1 Å². The minimum atomic E-state index is 0. The minimum Gasteiger partial charge on any atom is -0.495 e. The lowest BCUT2D eigenvalue weighted by molar-refractivity contribution is -0.130. The van der Waals surface area contributed by atoms with Crippen molar-refractivity contribution in [2.45, 2.75) is 52.6 Å². The van der Waals surface area contributed by atoms with Crippen molar-refractivity contribution >= 4 is 97.9 Å². The second kappa shape index (κ2) is 23.9. The molecule has 2 amide bonds. The number of nitrogens with two attached hydrogens (primary N) is 1. The summed E-state index contributed by atoms with van der Waals surface area (Å²) >= 11 is 18.6. The average molecular weight is 961 g/mol. The van der Waals surface area contributed by atoms with Gasteiger partial charge in [0.1, 0.15) is 11.5 Å². The van der Waals surface area contributed by atoms with E-state index in [9.17, 15) is 9.59 Å². The molecule has 0 aliphatic carbocycles. The van der Waals surface area contributed by atoms with E-state index in [-0.39, 0.29) is 29.7 Å². The molecule has 0 atom stereocenters. The van der Waals surface area contributed by atoms with Crippen molar-refractivity contribution in [2.75, 3.05) is 45.7 Å². The maximum Gasteiger partial charge on any atom is 0.219 e. The summed E-state index contributed by atoms with van der Waals surface area (Å²) in [6, 6.07) is 22.4. The van der Waals surface area contributed by atoms with Crippen LogP contribution >= 0.6 is 47.2 Å². The number of fused-ring (bicyclic) bond motifs is 4. The zero-order valence-corrected chi connectivity index (χ0v) is 39.5. The number of hydrogen-bond donors (Lipinski definition) is 2. The van der Waals surface area contributed by atoms with Gasteiger partial charge < -0.3 is 35.8 Å². The fraction of sp³-hybridized carbons (Fsp3) is 0.292. The molecule has 0 bridgehead atoms. The van der Waals surface area contributed by atoms with E-state index in [2.05, 4.69) is 20.0 Å². The molecule has 65 heavy (non-hydrogen) atoms. The van der Waals surface area contributed by atoms with E-state index in [1.807, 2.05) is 59.5 Å². The standard InChI is InChI=1S/C24H23ClN4O2.C15H12ClN3O.C9H12ClNO.ClH.H2O/c1-15(30)29-11-9-22-19(14-29)24(18-13-17(26-2)5-6-21(18)28-22)27-10-8-16-4-7-23(31-3)20(25)12-16;1-9(20)19-6-5-14-12(8-19)15(16)11-7-10(17-2)3-4-13(11)18-14;1-12-9-3-2-7(4-5-11)6-8(9)10;;/h4-7,12-13H,8-11,14H2,1,3H3,(H,27,28);3-4,7H,5-6,8H2,1H3;2-3,6H,4-5,11H2,1H3;1H;1H2. The SMILES string of the molecule is COc1ccc(CCN)cc1Cl.Cl.O.[C-]#[N+]c1ccc2nc3c(c(Cl)c2c1)CN(C(C)=O)CC3.[C-]#[N+]c1ccc2nc3c(c(NCCc4ccc(OC)c(Cl)c4)c2c1)CN(C(C)=O)CC3. The molecule has 8 rings (SSSR count). The van der Waals surface area contributed by atoms with Gasteiger partial charge in [0.2, 0.25) is 11.8 Å². The fourth-order valence-electron chi connectivity index (χ4n) is 7.51. The van der Waals surface area contributed by atoms with Gasteiger partial charge in [-0.15, -0.1) is 12.4 Å². The number of nitrogens with zero attached hydrogens (tertiary/aromatic N) is 6. The number of carbonyl (C=O) groups excluding carboxylic acids is 2. The largest absolute Gasteiger partial charge is 0.495 e. The number of anilines is 1. The Morgan fingerprint density at radius 1 is 0.723 bits per heavy atom. The molecular formula is C48H50Cl4N8O5. The Balaban J connectivity index is 0.000000233. The molecule has 4 heterocycles. The quantitative estimate of drug-likeness (QED) is 0.143. The molecule has 0 saturated carbocycles. The molecule has 17 heteroatoms. The van der Waals surface area contributed by atoms with Crippen LogP contribution in [0.25, 0.3) is 31.5 Å². The van der Waals surface area contributed by atoms with Gasteiger partial charge in [-0.1, -0.05) is 59.1 Å².